The second kappa shape index (κ2) is 36.6. The molecule has 3 rings (SSSR count). The minimum absolute atomic E-state index is 0.148. The lowest BCUT2D eigenvalue weighted by atomic mass is 9.82. The maximum atomic E-state index is 13.5. The SMILES string of the molecule is CC1=CCCC(C)C(O)C(C)C(O)CCC=CC(C)C(O)C=CC(C)C(O)C(C)=CC(O[C@H]2O[C@H](CO)[C@@H](O)[C@H](O)[C@@H]2O)C(O)CC(O)CC(O)CC(O)C(C)C(O)C(C)C(O)CC(O)CC(O)C=CCC([C@H](C)C2CCC(O)O2)OC1=O. The van der Waals surface area contributed by atoms with Crippen LogP contribution in [0.15, 0.2) is 59.8 Å². The molecule has 28 atom stereocenters. The van der Waals surface area contributed by atoms with Gasteiger partial charge in [0.05, 0.1) is 86.0 Å². The first-order valence-electron chi connectivity index (χ1n) is 29.9. The molecule has 0 saturated carbocycles. The number of esters is 1. The average molecular weight is 1190 g/mol. The van der Waals surface area contributed by atoms with E-state index >= 15 is 0 Å². The van der Waals surface area contributed by atoms with Crippen molar-refractivity contribution >= 4 is 5.97 Å². The fraction of sp³-hybridized carbons (Fsp3) is 0.820. The van der Waals surface area contributed by atoms with E-state index in [1.54, 1.807) is 52.0 Å². The number of ether oxygens (including phenoxy) is 4. The predicted molar refractivity (Wildman–Crippen MR) is 306 cm³/mol. The molecule has 0 bridgehead atoms. The molecule has 22 nitrogen and oxygen atoms in total. The standard InChI is InChI=1S/C61H106O22/c1-31-14-10-11-18-45(68)36(6)55(74)32(2)15-12-16-34(4)60(79)81-49(39(9)50-22-23-53(72)80-50)19-13-17-40(63)25-41(64)27-46(69)37(7)56(75)38(8)47(70)28-42(65)26-43(66)29-48(71)51(24-35(5)54(73)33(3)20-21-44(31)67)82-61-59(78)58(77)57(76)52(30-62)83-61/h10,13-14,16-17,20-21,24,31-33,36-59,61-78H,11-12,15,18-19,22-23,25-30H2,1-9H3/t31?,32?,33?,36?,37?,38?,39-,40?,41?,42?,43?,44?,45?,46?,47?,48?,49?,50?,51?,52+,53?,54?,55?,56?,57+,58-,59-,61-/m0/s1. The van der Waals surface area contributed by atoms with Crippen LogP contribution in [0, 0.1) is 41.4 Å². The fourth-order valence-electron chi connectivity index (χ4n) is 11.0. The van der Waals surface area contributed by atoms with Crippen molar-refractivity contribution in [2.45, 2.75) is 268 Å². The second-order valence-electron chi connectivity index (χ2n) is 24.4. The van der Waals surface area contributed by atoms with Crippen LogP contribution in [0.3, 0.4) is 0 Å². The van der Waals surface area contributed by atoms with Gasteiger partial charge in [-0.15, -0.1) is 0 Å². The topological polar surface area (TPSA) is 398 Å². The molecular formula is C61H106O22. The van der Waals surface area contributed by atoms with E-state index in [0.717, 1.165) is 0 Å². The van der Waals surface area contributed by atoms with Gasteiger partial charge in [-0.1, -0.05) is 97.1 Å². The third kappa shape index (κ3) is 24.1. The number of allylic oxidation sites excluding steroid dienone is 2. The molecule has 0 radical (unpaired) electrons. The van der Waals surface area contributed by atoms with Gasteiger partial charge in [0.15, 0.2) is 12.6 Å². The van der Waals surface area contributed by atoms with Gasteiger partial charge in [-0.05, 0) is 76.7 Å². The van der Waals surface area contributed by atoms with Crippen LogP contribution in [0.4, 0.5) is 0 Å². The molecule has 2 fully saturated rings. The molecule has 2 saturated heterocycles. The highest BCUT2D eigenvalue weighted by molar-refractivity contribution is 5.87. The average Bonchev–Trinajstić information content (AvgIpc) is 4.00. The molecule has 482 valence electrons. The highest BCUT2D eigenvalue weighted by Gasteiger charge is 2.46. The van der Waals surface area contributed by atoms with E-state index in [1.165, 1.54) is 39.0 Å². The molecule has 22 unspecified atom stereocenters. The van der Waals surface area contributed by atoms with Gasteiger partial charge in [0.25, 0.3) is 0 Å². The number of cyclic esters (lactones) is 1. The minimum atomic E-state index is -1.88. The number of carbonyl (C=O) groups excluding carboxylic acids is 1. The number of aliphatic hydroxyl groups is 17. The summed E-state index contributed by atoms with van der Waals surface area (Å²) in [7, 11) is 0. The van der Waals surface area contributed by atoms with Crippen LogP contribution in [0.2, 0.25) is 0 Å². The second-order valence-corrected chi connectivity index (χ2v) is 24.4. The summed E-state index contributed by atoms with van der Waals surface area (Å²) in [5.74, 6) is -4.60. The summed E-state index contributed by atoms with van der Waals surface area (Å²) in [4.78, 5) is 13.5. The molecule has 3 aliphatic rings. The van der Waals surface area contributed by atoms with Crippen molar-refractivity contribution in [2.75, 3.05) is 6.61 Å². The lowest BCUT2D eigenvalue weighted by Crippen LogP contribution is -2.60. The van der Waals surface area contributed by atoms with Crippen LogP contribution < -0.4 is 0 Å². The van der Waals surface area contributed by atoms with E-state index in [1.807, 2.05) is 19.9 Å². The quantitative estimate of drug-likeness (QED) is 0.134. The van der Waals surface area contributed by atoms with Crippen LogP contribution in [-0.4, -0.2) is 228 Å². The smallest absolute Gasteiger partial charge is 0.333 e. The number of rotatable bonds is 5. The highest BCUT2D eigenvalue weighted by Crippen LogP contribution is 2.32. The molecule has 0 aromatic heterocycles. The first-order valence-corrected chi connectivity index (χ1v) is 29.9. The lowest BCUT2D eigenvalue weighted by Gasteiger charge is -2.41. The van der Waals surface area contributed by atoms with Gasteiger partial charge < -0.3 is 106 Å². The Hall–Kier alpha value is -2.63. The van der Waals surface area contributed by atoms with E-state index in [-0.39, 0.29) is 43.1 Å². The molecule has 3 aliphatic heterocycles. The summed E-state index contributed by atoms with van der Waals surface area (Å²) >= 11 is 0. The van der Waals surface area contributed by atoms with Gasteiger partial charge in [0, 0.05) is 66.8 Å². The van der Waals surface area contributed by atoms with Crippen LogP contribution in [-0.2, 0) is 23.7 Å². The Labute approximate surface area is 490 Å². The summed E-state index contributed by atoms with van der Waals surface area (Å²) in [6, 6.07) is 0. The van der Waals surface area contributed by atoms with E-state index in [2.05, 4.69) is 0 Å². The lowest BCUT2D eigenvalue weighted by molar-refractivity contribution is -0.313. The van der Waals surface area contributed by atoms with E-state index in [9.17, 15) is 91.6 Å². The molecule has 83 heavy (non-hydrogen) atoms. The first-order chi connectivity index (χ1) is 38.9. The van der Waals surface area contributed by atoms with Gasteiger partial charge in [0.1, 0.15) is 36.6 Å². The predicted octanol–water partition coefficient (Wildman–Crippen LogP) is 0.840. The minimum Gasteiger partial charge on any atom is -0.458 e. The zero-order chi connectivity index (χ0) is 62.6. The molecule has 17 N–H and O–H groups in total. The van der Waals surface area contributed by atoms with E-state index in [4.69, 9.17) is 18.9 Å². The summed E-state index contributed by atoms with van der Waals surface area (Å²) < 4.78 is 23.1. The molecule has 0 aliphatic carbocycles. The molecule has 0 amide bonds. The van der Waals surface area contributed by atoms with Crippen LogP contribution >= 0.6 is 0 Å². The highest BCUT2D eigenvalue weighted by atomic mass is 16.7. The zero-order valence-corrected chi connectivity index (χ0v) is 50.1. The van der Waals surface area contributed by atoms with Crippen molar-refractivity contribution in [1.82, 2.24) is 0 Å². The fourth-order valence-corrected chi connectivity index (χ4v) is 11.0. The monoisotopic (exact) mass is 1190 g/mol. The molecule has 0 aromatic carbocycles. The van der Waals surface area contributed by atoms with Crippen LogP contribution in [0.5, 0.6) is 0 Å². The number of carbonyl (C=O) groups is 1. The Kier molecular flexibility index (Phi) is 32.9. The van der Waals surface area contributed by atoms with Gasteiger partial charge in [-0.3, -0.25) is 0 Å². The van der Waals surface area contributed by atoms with Crippen molar-refractivity contribution in [1.29, 1.82) is 0 Å². The van der Waals surface area contributed by atoms with Gasteiger partial charge in [0.2, 0.25) is 0 Å². The third-order valence-electron chi connectivity index (χ3n) is 17.3. The Bertz CT molecular complexity index is 2000. The largest absolute Gasteiger partial charge is 0.458 e. The molecule has 0 aromatic rings. The molecule has 0 spiro atoms. The Balaban J connectivity index is 1.88. The van der Waals surface area contributed by atoms with Gasteiger partial charge >= 0.3 is 5.97 Å². The van der Waals surface area contributed by atoms with E-state index < -0.39 is 184 Å². The number of aliphatic hydroxyl groups excluding tert-OH is 17. The third-order valence-corrected chi connectivity index (χ3v) is 17.3. The Morgan fingerprint density at radius 2 is 1.16 bits per heavy atom. The Morgan fingerprint density at radius 3 is 1.75 bits per heavy atom. The molecule has 22 heteroatoms. The van der Waals surface area contributed by atoms with Crippen molar-refractivity contribution in [3.8, 4) is 0 Å². The number of hydrogen-bond acceptors (Lipinski definition) is 22. The van der Waals surface area contributed by atoms with E-state index in [0.29, 0.717) is 44.1 Å². The summed E-state index contributed by atoms with van der Waals surface area (Å²) in [6.07, 6.45) is -13.3. The van der Waals surface area contributed by atoms with Crippen molar-refractivity contribution < 1.29 is 111 Å². The summed E-state index contributed by atoms with van der Waals surface area (Å²) in [5, 5.41) is 185. The zero-order valence-electron chi connectivity index (χ0n) is 50.1. The normalized spacial score (nSPS) is 44.1. The summed E-state index contributed by atoms with van der Waals surface area (Å²) in [5.41, 5.74) is 0.559. The maximum Gasteiger partial charge on any atom is 0.333 e. The number of hydrogen-bond donors (Lipinski definition) is 17. The Morgan fingerprint density at radius 1 is 0.566 bits per heavy atom. The van der Waals surface area contributed by atoms with Crippen molar-refractivity contribution in [2.24, 2.45) is 41.4 Å². The van der Waals surface area contributed by atoms with Gasteiger partial charge in [-0.25, -0.2) is 4.79 Å². The van der Waals surface area contributed by atoms with Crippen molar-refractivity contribution in [3.63, 3.8) is 0 Å². The molecule has 3 heterocycles. The van der Waals surface area contributed by atoms with Gasteiger partial charge in [-0.2, -0.15) is 0 Å². The van der Waals surface area contributed by atoms with Crippen LogP contribution in [0.25, 0.3) is 0 Å². The summed E-state index contributed by atoms with van der Waals surface area (Å²) in [6.45, 7) is 14.3. The first kappa shape index (κ1) is 74.6. The maximum absolute atomic E-state index is 13.5. The van der Waals surface area contributed by atoms with Crippen LogP contribution in [0.1, 0.15) is 139 Å². The van der Waals surface area contributed by atoms with Crippen molar-refractivity contribution in [3.05, 3.63) is 59.8 Å². The molecular weight excluding hydrogens is 1080 g/mol.